The number of hydrogen-bond donors (Lipinski definition) is 0. The van der Waals surface area contributed by atoms with E-state index >= 15 is 0 Å². The minimum atomic E-state index is 0.701. The molecule has 2 aromatic carbocycles. The summed E-state index contributed by atoms with van der Waals surface area (Å²) < 4.78 is 6.73. The van der Waals surface area contributed by atoms with Crippen LogP contribution in [0.2, 0.25) is 5.02 Å². The fourth-order valence-electron chi connectivity index (χ4n) is 1.52. The second-order valence-corrected chi connectivity index (χ2v) is 5.75. The third kappa shape index (κ3) is 3.28. The Hall–Kier alpha value is -0.510. The first kappa shape index (κ1) is 13.9. The molecule has 0 saturated heterocycles. The van der Waals surface area contributed by atoms with Gasteiger partial charge in [0.2, 0.25) is 0 Å². The lowest BCUT2D eigenvalue weighted by Crippen LogP contribution is -1.88. The topological polar surface area (TPSA) is 9.23 Å². The van der Waals surface area contributed by atoms with Crippen molar-refractivity contribution in [1.82, 2.24) is 0 Å². The van der Waals surface area contributed by atoms with Crippen molar-refractivity contribution in [3.05, 3.63) is 57.0 Å². The van der Waals surface area contributed by atoms with E-state index in [4.69, 9.17) is 16.3 Å². The molecule has 0 unspecified atom stereocenters. The van der Waals surface area contributed by atoms with Crippen molar-refractivity contribution in [3.63, 3.8) is 0 Å². The molecular formula is C14H11Br2ClO. The highest BCUT2D eigenvalue weighted by molar-refractivity contribution is 9.10. The van der Waals surface area contributed by atoms with E-state index in [9.17, 15) is 0 Å². The van der Waals surface area contributed by atoms with Gasteiger partial charge in [0.05, 0.1) is 4.47 Å². The van der Waals surface area contributed by atoms with Crippen LogP contribution in [0.1, 0.15) is 11.1 Å². The Bertz CT molecular complexity index is 570. The summed E-state index contributed by atoms with van der Waals surface area (Å²) >= 11 is 13.0. The van der Waals surface area contributed by atoms with Crippen LogP contribution in [0.5, 0.6) is 11.5 Å². The summed E-state index contributed by atoms with van der Waals surface area (Å²) in [5.41, 5.74) is 2.23. The molecule has 0 saturated carbocycles. The highest BCUT2D eigenvalue weighted by Crippen LogP contribution is 2.32. The van der Waals surface area contributed by atoms with Crippen LogP contribution in [-0.2, 0) is 5.33 Å². The molecule has 0 aliphatic heterocycles. The second kappa shape index (κ2) is 6.09. The number of halogens is 3. The maximum absolute atomic E-state index is 6.14. The first-order chi connectivity index (χ1) is 8.60. The van der Waals surface area contributed by atoms with E-state index in [-0.39, 0.29) is 0 Å². The molecule has 0 N–H and O–H groups in total. The van der Waals surface area contributed by atoms with Gasteiger partial charge in [0.25, 0.3) is 0 Å². The molecule has 0 aliphatic rings. The average Bonchev–Trinajstić information content (AvgIpc) is 2.33. The van der Waals surface area contributed by atoms with Crippen molar-refractivity contribution in [2.45, 2.75) is 12.3 Å². The normalized spacial score (nSPS) is 10.4. The van der Waals surface area contributed by atoms with Gasteiger partial charge in [0, 0.05) is 10.4 Å². The van der Waals surface area contributed by atoms with E-state index in [1.165, 1.54) is 5.56 Å². The largest absolute Gasteiger partial charge is 0.456 e. The fraction of sp³-hybridized carbons (Fsp3) is 0.143. The van der Waals surface area contributed by atoms with Crippen molar-refractivity contribution < 1.29 is 4.74 Å². The zero-order valence-electron chi connectivity index (χ0n) is 9.71. The molecular weight excluding hydrogens is 379 g/mol. The number of hydrogen-bond acceptors (Lipinski definition) is 1. The van der Waals surface area contributed by atoms with Crippen molar-refractivity contribution in [2.75, 3.05) is 0 Å². The number of alkyl halides is 1. The highest BCUT2D eigenvalue weighted by Gasteiger charge is 2.05. The molecule has 0 amide bonds. The van der Waals surface area contributed by atoms with Crippen LogP contribution in [0, 0.1) is 6.92 Å². The lowest BCUT2D eigenvalue weighted by molar-refractivity contribution is 0.479. The number of ether oxygens (including phenoxy) is 1. The minimum absolute atomic E-state index is 0.701. The molecule has 1 nitrogen and oxygen atoms in total. The van der Waals surface area contributed by atoms with Gasteiger partial charge in [0.1, 0.15) is 11.5 Å². The maximum atomic E-state index is 6.14. The van der Waals surface area contributed by atoms with Crippen molar-refractivity contribution in [3.8, 4) is 11.5 Å². The molecule has 0 fully saturated rings. The van der Waals surface area contributed by atoms with Gasteiger partial charge in [-0.3, -0.25) is 0 Å². The zero-order valence-corrected chi connectivity index (χ0v) is 13.6. The first-order valence-corrected chi connectivity index (χ1v) is 7.68. The molecule has 0 atom stereocenters. The number of aryl methyl sites for hydroxylation is 1. The molecule has 0 radical (unpaired) electrons. The van der Waals surface area contributed by atoms with Crippen LogP contribution in [0.4, 0.5) is 0 Å². The van der Waals surface area contributed by atoms with Gasteiger partial charge >= 0.3 is 0 Å². The molecule has 4 heteroatoms. The maximum Gasteiger partial charge on any atom is 0.141 e. The van der Waals surface area contributed by atoms with Crippen LogP contribution in [-0.4, -0.2) is 0 Å². The summed E-state index contributed by atoms with van der Waals surface area (Å²) in [7, 11) is 0. The minimum Gasteiger partial charge on any atom is -0.456 e. The van der Waals surface area contributed by atoms with Gasteiger partial charge < -0.3 is 4.74 Å². The predicted molar refractivity (Wildman–Crippen MR) is 83.0 cm³/mol. The first-order valence-electron chi connectivity index (χ1n) is 5.38. The van der Waals surface area contributed by atoms with Gasteiger partial charge in [-0.2, -0.15) is 0 Å². The van der Waals surface area contributed by atoms with E-state index in [0.717, 1.165) is 26.9 Å². The molecule has 94 valence electrons. The average molecular weight is 391 g/mol. The Labute approximate surface area is 128 Å². The summed E-state index contributed by atoms with van der Waals surface area (Å²) in [6, 6.07) is 11.7. The molecule has 0 aromatic heterocycles. The third-order valence-corrected chi connectivity index (χ3v) is 4.06. The highest BCUT2D eigenvalue weighted by atomic mass is 79.9. The lowest BCUT2D eigenvalue weighted by atomic mass is 10.2. The summed E-state index contributed by atoms with van der Waals surface area (Å²) in [6.45, 7) is 2.04. The summed E-state index contributed by atoms with van der Waals surface area (Å²) in [5.74, 6) is 1.51. The Morgan fingerprint density at radius 3 is 2.56 bits per heavy atom. The Balaban J connectivity index is 2.26. The van der Waals surface area contributed by atoms with Gasteiger partial charge in [-0.1, -0.05) is 39.7 Å². The monoisotopic (exact) mass is 388 g/mol. The van der Waals surface area contributed by atoms with E-state index < -0.39 is 0 Å². The number of rotatable bonds is 3. The van der Waals surface area contributed by atoms with Crippen LogP contribution in [0.3, 0.4) is 0 Å². The SMILES string of the molecule is Cc1ccc(Oc2ccc(CBr)c(Cl)c2)c(Br)c1. The Morgan fingerprint density at radius 2 is 1.94 bits per heavy atom. The van der Waals surface area contributed by atoms with Gasteiger partial charge in [-0.15, -0.1) is 0 Å². The predicted octanol–water partition coefficient (Wildman–Crippen LogP) is 6.10. The van der Waals surface area contributed by atoms with Crippen molar-refractivity contribution >= 4 is 43.5 Å². The quantitative estimate of drug-likeness (QED) is 0.576. The van der Waals surface area contributed by atoms with Crippen LogP contribution in [0.25, 0.3) is 0 Å². The van der Waals surface area contributed by atoms with Crippen LogP contribution >= 0.6 is 43.5 Å². The second-order valence-electron chi connectivity index (χ2n) is 3.92. The van der Waals surface area contributed by atoms with Crippen LogP contribution in [0.15, 0.2) is 40.9 Å². The Morgan fingerprint density at radius 1 is 1.17 bits per heavy atom. The molecule has 0 bridgehead atoms. The third-order valence-electron chi connectivity index (χ3n) is 2.48. The summed E-state index contributed by atoms with van der Waals surface area (Å²) in [6.07, 6.45) is 0. The fourth-order valence-corrected chi connectivity index (χ4v) is 2.98. The van der Waals surface area contributed by atoms with E-state index in [2.05, 4.69) is 31.9 Å². The smallest absolute Gasteiger partial charge is 0.141 e. The zero-order chi connectivity index (χ0) is 13.1. The van der Waals surface area contributed by atoms with E-state index in [0.29, 0.717) is 5.02 Å². The van der Waals surface area contributed by atoms with Gasteiger partial charge in [-0.25, -0.2) is 0 Å². The molecule has 0 heterocycles. The van der Waals surface area contributed by atoms with Gasteiger partial charge in [-0.05, 0) is 58.2 Å². The molecule has 18 heavy (non-hydrogen) atoms. The number of benzene rings is 2. The summed E-state index contributed by atoms with van der Waals surface area (Å²) in [5, 5.41) is 1.44. The van der Waals surface area contributed by atoms with Crippen LogP contribution < -0.4 is 4.74 Å². The molecule has 2 rings (SSSR count). The summed E-state index contributed by atoms with van der Waals surface area (Å²) in [4.78, 5) is 0. The standard InChI is InChI=1S/C14H11Br2ClO/c1-9-2-5-14(12(16)6-9)18-11-4-3-10(8-15)13(17)7-11/h2-7H,8H2,1H3. The molecule has 0 aliphatic carbocycles. The van der Waals surface area contributed by atoms with E-state index in [1.54, 1.807) is 0 Å². The Kier molecular flexibility index (Phi) is 4.71. The van der Waals surface area contributed by atoms with E-state index in [1.807, 2.05) is 43.3 Å². The van der Waals surface area contributed by atoms with Crippen molar-refractivity contribution in [2.24, 2.45) is 0 Å². The lowest BCUT2D eigenvalue weighted by Gasteiger charge is -2.09. The van der Waals surface area contributed by atoms with Crippen molar-refractivity contribution in [1.29, 1.82) is 0 Å². The molecule has 0 spiro atoms. The molecule has 2 aromatic rings. The van der Waals surface area contributed by atoms with Gasteiger partial charge in [0.15, 0.2) is 0 Å².